The summed E-state index contributed by atoms with van der Waals surface area (Å²) in [5.41, 5.74) is -0.715. The molecule has 1 aliphatic carbocycles. The van der Waals surface area contributed by atoms with Crippen molar-refractivity contribution in [3.05, 3.63) is 0 Å². The van der Waals surface area contributed by atoms with E-state index in [1.165, 1.54) is 19.3 Å². The molecule has 0 aromatic heterocycles. The highest BCUT2D eigenvalue weighted by Crippen LogP contribution is 2.33. The zero-order chi connectivity index (χ0) is 14.9. The minimum Gasteiger partial charge on any atom is -0.340 e. The van der Waals surface area contributed by atoms with Crippen LogP contribution < -0.4 is 5.32 Å². The molecule has 1 heterocycles. The molecule has 2 amide bonds. The van der Waals surface area contributed by atoms with E-state index in [1.54, 1.807) is 0 Å². The van der Waals surface area contributed by atoms with E-state index in [9.17, 15) is 9.59 Å². The lowest BCUT2D eigenvalue weighted by Gasteiger charge is -2.44. The number of carbonyl (C=O) groups is 2. The SMILES string of the molecule is CCC1C(=O)NC(C)(CC)C(=O)N1CC1CCC(C)C1. The van der Waals surface area contributed by atoms with Gasteiger partial charge in [0, 0.05) is 6.54 Å². The molecule has 4 heteroatoms. The van der Waals surface area contributed by atoms with Crippen molar-refractivity contribution in [1.29, 1.82) is 0 Å². The third-order valence-corrected chi connectivity index (χ3v) is 5.16. The lowest BCUT2D eigenvalue weighted by molar-refractivity contribution is -0.155. The van der Waals surface area contributed by atoms with Gasteiger partial charge >= 0.3 is 0 Å². The maximum Gasteiger partial charge on any atom is 0.248 e. The Kier molecular flexibility index (Phi) is 4.40. The fraction of sp³-hybridized carbons (Fsp3) is 0.875. The quantitative estimate of drug-likeness (QED) is 0.859. The van der Waals surface area contributed by atoms with Crippen LogP contribution in [0.4, 0.5) is 0 Å². The number of nitrogens with one attached hydrogen (secondary N) is 1. The maximum absolute atomic E-state index is 12.8. The standard InChI is InChI=1S/C16H28N2O2/c1-5-13-14(19)17-16(4,6-2)15(20)18(13)10-12-8-7-11(3)9-12/h11-13H,5-10H2,1-4H3,(H,17,19). The van der Waals surface area contributed by atoms with Gasteiger partial charge in [-0.05, 0) is 44.4 Å². The van der Waals surface area contributed by atoms with Crippen molar-refractivity contribution < 1.29 is 9.59 Å². The fourth-order valence-electron chi connectivity index (χ4n) is 3.63. The second-order valence-corrected chi connectivity index (χ2v) is 6.84. The van der Waals surface area contributed by atoms with Crippen molar-refractivity contribution in [2.24, 2.45) is 11.8 Å². The molecule has 1 N–H and O–H groups in total. The molecule has 2 aliphatic rings. The molecular formula is C16H28N2O2. The molecule has 0 aromatic carbocycles. The van der Waals surface area contributed by atoms with E-state index in [0.717, 1.165) is 12.5 Å². The fourth-order valence-corrected chi connectivity index (χ4v) is 3.63. The summed E-state index contributed by atoms with van der Waals surface area (Å²) in [7, 11) is 0. The second kappa shape index (κ2) is 5.74. The van der Waals surface area contributed by atoms with Crippen LogP contribution in [0.3, 0.4) is 0 Å². The van der Waals surface area contributed by atoms with Gasteiger partial charge in [-0.2, -0.15) is 0 Å². The molecule has 114 valence electrons. The van der Waals surface area contributed by atoms with Crippen molar-refractivity contribution >= 4 is 11.8 Å². The number of nitrogens with zero attached hydrogens (tertiary/aromatic N) is 1. The second-order valence-electron chi connectivity index (χ2n) is 6.84. The Hall–Kier alpha value is -1.06. The summed E-state index contributed by atoms with van der Waals surface area (Å²) in [5, 5.41) is 2.93. The van der Waals surface area contributed by atoms with E-state index in [0.29, 0.717) is 18.8 Å². The maximum atomic E-state index is 12.8. The van der Waals surface area contributed by atoms with E-state index in [-0.39, 0.29) is 17.9 Å². The van der Waals surface area contributed by atoms with Gasteiger partial charge in [0.25, 0.3) is 0 Å². The minimum atomic E-state index is -0.715. The molecule has 0 radical (unpaired) electrons. The average Bonchev–Trinajstić information content (AvgIpc) is 2.81. The van der Waals surface area contributed by atoms with Gasteiger partial charge in [-0.15, -0.1) is 0 Å². The topological polar surface area (TPSA) is 49.4 Å². The number of hydrogen-bond acceptors (Lipinski definition) is 2. The predicted octanol–water partition coefficient (Wildman–Crippen LogP) is 2.33. The number of hydrogen-bond donors (Lipinski definition) is 1. The molecular weight excluding hydrogens is 252 g/mol. The van der Waals surface area contributed by atoms with Crippen LogP contribution in [0.2, 0.25) is 0 Å². The third kappa shape index (κ3) is 2.70. The summed E-state index contributed by atoms with van der Waals surface area (Å²) in [6, 6.07) is -0.280. The van der Waals surface area contributed by atoms with E-state index in [2.05, 4.69) is 12.2 Å². The molecule has 1 saturated heterocycles. The number of piperazine rings is 1. The molecule has 4 atom stereocenters. The third-order valence-electron chi connectivity index (χ3n) is 5.16. The molecule has 20 heavy (non-hydrogen) atoms. The molecule has 2 rings (SSSR count). The molecule has 0 aromatic rings. The van der Waals surface area contributed by atoms with Gasteiger partial charge in [-0.25, -0.2) is 0 Å². The molecule has 1 saturated carbocycles. The van der Waals surface area contributed by atoms with Crippen molar-refractivity contribution in [1.82, 2.24) is 10.2 Å². The first-order valence-corrected chi connectivity index (χ1v) is 8.04. The van der Waals surface area contributed by atoms with Gasteiger partial charge in [0.15, 0.2) is 0 Å². The van der Waals surface area contributed by atoms with Crippen molar-refractivity contribution in [2.45, 2.75) is 71.4 Å². The van der Waals surface area contributed by atoms with E-state index in [1.807, 2.05) is 25.7 Å². The van der Waals surface area contributed by atoms with Crippen molar-refractivity contribution in [3.8, 4) is 0 Å². The van der Waals surface area contributed by atoms with Crippen molar-refractivity contribution in [3.63, 3.8) is 0 Å². The van der Waals surface area contributed by atoms with Gasteiger partial charge in [0.1, 0.15) is 11.6 Å². The normalized spacial score (nSPS) is 38.2. The van der Waals surface area contributed by atoms with Gasteiger partial charge < -0.3 is 10.2 Å². The minimum absolute atomic E-state index is 0.0162. The molecule has 2 fully saturated rings. The highest BCUT2D eigenvalue weighted by Gasteiger charge is 2.46. The highest BCUT2D eigenvalue weighted by atomic mass is 16.2. The smallest absolute Gasteiger partial charge is 0.248 e. The van der Waals surface area contributed by atoms with Crippen LogP contribution >= 0.6 is 0 Å². The monoisotopic (exact) mass is 280 g/mol. The summed E-state index contributed by atoms with van der Waals surface area (Å²) in [6.45, 7) is 8.82. The zero-order valence-corrected chi connectivity index (χ0v) is 13.2. The van der Waals surface area contributed by atoms with Crippen LogP contribution in [0.1, 0.15) is 59.8 Å². The number of amides is 2. The number of rotatable bonds is 4. The van der Waals surface area contributed by atoms with Crippen LogP contribution in [0, 0.1) is 11.8 Å². The summed E-state index contributed by atoms with van der Waals surface area (Å²) >= 11 is 0. The van der Waals surface area contributed by atoms with Gasteiger partial charge in [-0.1, -0.05) is 27.2 Å². The highest BCUT2D eigenvalue weighted by molar-refractivity contribution is 5.99. The number of carbonyl (C=O) groups excluding carboxylic acids is 2. The van der Waals surface area contributed by atoms with E-state index >= 15 is 0 Å². The Balaban J connectivity index is 2.16. The lowest BCUT2D eigenvalue weighted by atomic mass is 9.90. The Bertz CT molecular complexity index is 396. The van der Waals surface area contributed by atoms with Crippen LogP contribution in [0.5, 0.6) is 0 Å². The largest absolute Gasteiger partial charge is 0.340 e. The zero-order valence-electron chi connectivity index (χ0n) is 13.2. The molecule has 1 aliphatic heterocycles. The molecule has 0 bridgehead atoms. The molecule has 4 nitrogen and oxygen atoms in total. The Morgan fingerprint density at radius 1 is 1.30 bits per heavy atom. The van der Waals surface area contributed by atoms with Crippen LogP contribution in [0.15, 0.2) is 0 Å². The van der Waals surface area contributed by atoms with Gasteiger partial charge in [0.05, 0.1) is 0 Å². The first-order chi connectivity index (χ1) is 9.41. The molecule has 4 unspecified atom stereocenters. The lowest BCUT2D eigenvalue weighted by Crippen LogP contribution is -2.69. The van der Waals surface area contributed by atoms with Gasteiger partial charge in [-0.3, -0.25) is 9.59 Å². The predicted molar refractivity (Wildman–Crippen MR) is 79.1 cm³/mol. The first kappa shape index (κ1) is 15.3. The van der Waals surface area contributed by atoms with Crippen LogP contribution in [-0.2, 0) is 9.59 Å². The Morgan fingerprint density at radius 3 is 2.50 bits per heavy atom. The van der Waals surface area contributed by atoms with Crippen LogP contribution in [0.25, 0.3) is 0 Å². The Labute approximate surface area is 122 Å². The summed E-state index contributed by atoms with van der Waals surface area (Å²) in [4.78, 5) is 26.9. The first-order valence-electron chi connectivity index (χ1n) is 8.04. The Morgan fingerprint density at radius 2 is 2.00 bits per heavy atom. The summed E-state index contributed by atoms with van der Waals surface area (Å²) < 4.78 is 0. The van der Waals surface area contributed by atoms with E-state index in [4.69, 9.17) is 0 Å². The van der Waals surface area contributed by atoms with E-state index < -0.39 is 5.54 Å². The van der Waals surface area contributed by atoms with Crippen molar-refractivity contribution in [2.75, 3.05) is 6.54 Å². The average molecular weight is 280 g/mol. The summed E-state index contributed by atoms with van der Waals surface area (Å²) in [6.07, 6.45) is 4.96. The summed E-state index contributed by atoms with van der Waals surface area (Å²) in [5.74, 6) is 1.44. The van der Waals surface area contributed by atoms with Gasteiger partial charge in [0.2, 0.25) is 11.8 Å². The molecule has 0 spiro atoms. The van der Waals surface area contributed by atoms with Crippen LogP contribution in [-0.4, -0.2) is 34.8 Å².